The number of hydrogen-bond donors (Lipinski definition) is 1. The Hall–Kier alpha value is -0.540. The summed E-state index contributed by atoms with van der Waals surface area (Å²) < 4.78 is 11.1. The largest absolute Gasteiger partial charge is 0.497 e. The van der Waals surface area contributed by atoms with Crippen LogP contribution in [-0.4, -0.2) is 25.4 Å². The van der Waals surface area contributed by atoms with Crippen molar-refractivity contribution in [3.05, 3.63) is 11.8 Å². The van der Waals surface area contributed by atoms with Gasteiger partial charge in [0.25, 0.3) is 0 Å². The van der Waals surface area contributed by atoms with Crippen LogP contribution in [0.5, 0.6) is 0 Å². The molecular formula is C11H19NO2. The molecule has 0 aliphatic carbocycles. The van der Waals surface area contributed by atoms with Gasteiger partial charge in [0.05, 0.1) is 18.8 Å². The maximum Gasteiger partial charge on any atom is 0.109 e. The summed E-state index contributed by atoms with van der Waals surface area (Å²) in [6, 6.07) is 0.0402. The third kappa shape index (κ3) is 2.49. The first-order chi connectivity index (χ1) is 6.86. The van der Waals surface area contributed by atoms with Gasteiger partial charge >= 0.3 is 0 Å². The predicted molar refractivity (Wildman–Crippen MR) is 54.8 cm³/mol. The van der Waals surface area contributed by atoms with Crippen molar-refractivity contribution in [1.82, 2.24) is 0 Å². The van der Waals surface area contributed by atoms with E-state index in [9.17, 15) is 0 Å². The zero-order valence-electron chi connectivity index (χ0n) is 8.58. The molecule has 3 heteroatoms. The van der Waals surface area contributed by atoms with Gasteiger partial charge in [-0.3, -0.25) is 0 Å². The van der Waals surface area contributed by atoms with Crippen molar-refractivity contribution in [2.24, 2.45) is 5.73 Å². The first kappa shape index (κ1) is 9.99. The minimum Gasteiger partial charge on any atom is -0.497 e. The molecule has 0 aromatic heterocycles. The molecule has 1 fully saturated rings. The summed E-state index contributed by atoms with van der Waals surface area (Å²) in [5.74, 6) is 0.978. The number of ether oxygens (including phenoxy) is 2. The summed E-state index contributed by atoms with van der Waals surface area (Å²) in [4.78, 5) is 0. The lowest BCUT2D eigenvalue weighted by atomic mass is 10.0. The normalized spacial score (nSPS) is 29.5. The molecule has 14 heavy (non-hydrogen) atoms. The van der Waals surface area contributed by atoms with Crippen LogP contribution in [-0.2, 0) is 9.47 Å². The fourth-order valence-corrected chi connectivity index (χ4v) is 2.06. The second kappa shape index (κ2) is 4.80. The van der Waals surface area contributed by atoms with Gasteiger partial charge in [-0.25, -0.2) is 0 Å². The predicted octanol–water partition coefficient (Wildman–Crippen LogP) is 1.58. The lowest BCUT2D eigenvalue weighted by molar-refractivity contribution is 0.0901. The standard InChI is InChI=1S/C11H19NO2/c12-10(8-9-4-3-7-13-9)11-5-1-2-6-14-11/h5,9-10H,1-4,6-8,12H2. The zero-order chi connectivity index (χ0) is 9.80. The van der Waals surface area contributed by atoms with Gasteiger partial charge in [-0.1, -0.05) is 0 Å². The molecule has 0 radical (unpaired) electrons. The van der Waals surface area contributed by atoms with Crippen molar-refractivity contribution in [2.45, 2.75) is 44.2 Å². The molecule has 0 saturated carbocycles. The summed E-state index contributed by atoms with van der Waals surface area (Å²) in [6.45, 7) is 1.72. The molecular weight excluding hydrogens is 178 g/mol. The topological polar surface area (TPSA) is 44.5 Å². The molecule has 3 nitrogen and oxygen atoms in total. The fourth-order valence-electron chi connectivity index (χ4n) is 2.06. The minimum absolute atomic E-state index is 0.0402. The molecule has 2 aliphatic heterocycles. The lowest BCUT2D eigenvalue weighted by Crippen LogP contribution is -2.30. The molecule has 1 saturated heterocycles. The summed E-state index contributed by atoms with van der Waals surface area (Å²) >= 11 is 0. The first-order valence-corrected chi connectivity index (χ1v) is 5.56. The van der Waals surface area contributed by atoms with Crippen LogP contribution in [0.1, 0.15) is 32.1 Å². The van der Waals surface area contributed by atoms with E-state index in [2.05, 4.69) is 6.08 Å². The molecule has 2 atom stereocenters. The average Bonchev–Trinajstić information content (AvgIpc) is 2.72. The van der Waals surface area contributed by atoms with Gasteiger partial charge in [-0.15, -0.1) is 0 Å². The Balaban J connectivity index is 1.81. The second-order valence-corrected chi connectivity index (χ2v) is 4.07. The van der Waals surface area contributed by atoms with Crippen LogP contribution in [0.25, 0.3) is 0 Å². The van der Waals surface area contributed by atoms with E-state index in [0.29, 0.717) is 6.10 Å². The van der Waals surface area contributed by atoms with Crippen LogP contribution < -0.4 is 5.73 Å². The Kier molecular flexibility index (Phi) is 3.43. The molecule has 0 spiro atoms. The summed E-state index contributed by atoms with van der Waals surface area (Å²) in [5.41, 5.74) is 6.05. The van der Waals surface area contributed by atoms with Crippen LogP contribution >= 0.6 is 0 Å². The van der Waals surface area contributed by atoms with Crippen molar-refractivity contribution >= 4 is 0 Å². The maximum atomic E-state index is 6.05. The molecule has 0 aromatic rings. The Morgan fingerprint density at radius 3 is 3.00 bits per heavy atom. The van der Waals surface area contributed by atoms with Crippen LogP contribution in [0.4, 0.5) is 0 Å². The van der Waals surface area contributed by atoms with E-state index in [1.807, 2.05) is 0 Å². The number of allylic oxidation sites excluding steroid dienone is 1. The highest BCUT2D eigenvalue weighted by Gasteiger charge is 2.22. The highest BCUT2D eigenvalue weighted by atomic mass is 16.5. The van der Waals surface area contributed by atoms with E-state index >= 15 is 0 Å². The molecule has 2 N–H and O–H groups in total. The van der Waals surface area contributed by atoms with Gasteiger partial charge in [0, 0.05) is 6.61 Å². The molecule has 2 unspecified atom stereocenters. The van der Waals surface area contributed by atoms with Crippen molar-refractivity contribution in [1.29, 1.82) is 0 Å². The van der Waals surface area contributed by atoms with E-state index in [1.165, 1.54) is 6.42 Å². The number of hydrogen-bond acceptors (Lipinski definition) is 3. The van der Waals surface area contributed by atoms with E-state index in [1.54, 1.807) is 0 Å². The minimum atomic E-state index is 0.0402. The Labute approximate surface area is 85.3 Å². The molecule has 2 rings (SSSR count). The average molecular weight is 197 g/mol. The first-order valence-electron chi connectivity index (χ1n) is 5.56. The third-order valence-electron chi connectivity index (χ3n) is 2.87. The SMILES string of the molecule is NC(CC1CCCO1)C1=CCCCO1. The summed E-state index contributed by atoms with van der Waals surface area (Å²) in [6.07, 6.45) is 7.95. The van der Waals surface area contributed by atoms with Gasteiger partial charge in [0.15, 0.2) is 0 Å². The summed E-state index contributed by atoms with van der Waals surface area (Å²) in [7, 11) is 0. The molecule has 2 aliphatic rings. The van der Waals surface area contributed by atoms with Crippen molar-refractivity contribution in [3.8, 4) is 0 Å². The molecule has 0 aromatic carbocycles. The quantitative estimate of drug-likeness (QED) is 0.747. The molecule has 0 bridgehead atoms. The van der Waals surface area contributed by atoms with Crippen LogP contribution in [0.15, 0.2) is 11.8 Å². The van der Waals surface area contributed by atoms with Gasteiger partial charge in [0.1, 0.15) is 5.76 Å². The van der Waals surface area contributed by atoms with Crippen molar-refractivity contribution in [3.63, 3.8) is 0 Å². The smallest absolute Gasteiger partial charge is 0.109 e. The maximum absolute atomic E-state index is 6.05. The van der Waals surface area contributed by atoms with E-state index in [-0.39, 0.29) is 6.04 Å². The number of rotatable bonds is 3. The Bertz CT molecular complexity index is 209. The van der Waals surface area contributed by atoms with Crippen molar-refractivity contribution in [2.75, 3.05) is 13.2 Å². The van der Waals surface area contributed by atoms with E-state index in [0.717, 1.165) is 44.7 Å². The van der Waals surface area contributed by atoms with Crippen molar-refractivity contribution < 1.29 is 9.47 Å². The summed E-state index contributed by atoms with van der Waals surface area (Å²) in [5, 5.41) is 0. The Morgan fingerprint density at radius 1 is 1.43 bits per heavy atom. The number of nitrogens with two attached hydrogens (primary N) is 1. The second-order valence-electron chi connectivity index (χ2n) is 4.07. The van der Waals surface area contributed by atoms with Gasteiger partial charge < -0.3 is 15.2 Å². The third-order valence-corrected chi connectivity index (χ3v) is 2.87. The van der Waals surface area contributed by atoms with Crippen LogP contribution in [0.3, 0.4) is 0 Å². The zero-order valence-corrected chi connectivity index (χ0v) is 8.58. The monoisotopic (exact) mass is 197 g/mol. The van der Waals surface area contributed by atoms with E-state index in [4.69, 9.17) is 15.2 Å². The van der Waals surface area contributed by atoms with E-state index < -0.39 is 0 Å². The highest BCUT2D eigenvalue weighted by Crippen LogP contribution is 2.21. The molecule has 80 valence electrons. The van der Waals surface area contributed by atoms with Crippen LogP contribution in [0, 0.1) is 0 Å². The van der Waals surface area contributed by atoms with Gasteiger partial charge in [0.2, 0.25) is 0 Å². The molecule has 0 amide bonds. The van der Waals surface area contributed by atoms with Gasteiger partial charge in [-0.05, 0) is 38.2 Å². The van der Waals surface area contributed by atoms with Crippen LogP contribution in [0.2, 0.25) is 0 Å². The lowest BCUT2D eigenvalue weighted by Gasteiger charge is -2.22. The fraction of sp³-hybridized carbons (Fsp3) is 0.818. The molecule has 2 heterocycles. The Morgan fingerprint density at radius 2 is 2.36 bits per heavy atom. The highest BCUT2D eigenvalue weighted by molar-refractivity contribution is 5.05. The van der Waals surface area contributed by atoms with Gasteiger partial charge in [-0.2, -0.15) is 0 Å².